The van der Waals surface area contributed by atoms with Gasteiger partial charge in [-0.25, -0.2) is 9.18 Å². The van der Waals surface area contributed by atoms with E-state index in [0.717, 1.165) is 37.9 Å². The monoisotopic (exact) mass is 347 g/mol. The molecule has 6 heteroatoms. The minimum absolute atomic E-state index is 0.0192. The molecule has 5 nitrogen and oxygen atoms in total. The molecule has 1 aromatic carbocycles. The molecule has 136 valence electrons. The number of rotatable bonds is 5. The van der Waals surface area contributed by atoms with Gasteiger partial charge in [0.1, 0.15) is 11.4 Å². The number of carbonyl (C=O) groups excluding carboxylic acids is 2. The lowest BCUT2D eigenvalue weighted by molar-refractivity contribution is -0.134. The fraction of sp³-hybridized carbons (Fsp3) is 0.579. The molecule has 0 bridgehead atoms. The van der Waals surface area contributed by atoms with Gasteiger partial charge in [0.05, 0.1) is 6.54 Å². The second-order valence-corrected chi connectivity index (χ2v) is 7.16. The van der Waals surface area contributed by atoms with Crippen molar-refractivity contribution in [3.63, 3.8) is 0 Å². The van der Waals surface area contributed by atoms with Gasteiger partial charge in [-0.1, -0.05) is 31.0 Å². The van der Waals surface area contributed by atoms with Gasteiger partial charge in [-0.15, -0.1) is 0 Å². The average Bonchev–Trinajstić information content (AvgIpc) is 2.84. The van der Waals surface area contributed by atoms with E-state index in [-0.39, 0.29) is 24.2 Å². The summed E-state index contributed by atoms with van der Waals surface area (Å²) in [6.07, 6.45) is 3.15. The molecule has 2 fully saturated rings. The SMILES string of the molecule is CCCC1(C2CCNCC2)NC(=O)N(Cc2cc(C)ccc2F)C1=O. The summed E-state index contributed by atoms with van der Waals surface area (Å²) in [6, 6.07) is 4.36. The Bertz CT molecular complexity index is 673. The van der Waals surface area contributed by atoms with E-state index in [4.69, 9.17) is 0 Å². The minimum Gasteiger partial charge on any atom is -0.323 e. The molecule has 0 aromatic heterocycles. The van der Waals surface area contributed by atoms with Crippen molar-refractivity contribution in [2.75, 3.05) is 13.1 Å². The molecule has 3 amide bonds. The number of imide groups is 1. The van der Waals surface area contributed by atoms with Gasteiger partial charge < -0.3 is 10.6 Å². The number of hydrogen-bond acceptors (Lipinski definition) is 3. The van der Waals surface area contributed by atoms with Crippen LogP contribution in [-0.2, 0) is 11.3 Å². The molecule has 2 saturated heterocycles. The highest BCUT2D eigenvalue weighted by atomic mass is 19.1. The number of carbonyl (C=O) groups is 2. The molecule has 0 saturated carbocycles. The zero-order chi connectivity index (χ0) is 18.0. The summed E-state index contributed by atoms with van der Waals surface area (Å²) in [5, 5.41) is 6.28. The van der Waals surface area contributed by atoms with Gasteiger partial charge in [0, 0.05) is 5.56 Å². The molecule has 3 rings (SSSR count). The van der Waals surface area contributed by atoms with Crippen LogP contribution >= 0.6 is 0 Å². The predicted octanol–water partition coefficient (Wildman–Crippen LogP) is 2.72. The maximum absolute atomic E-state index is 14.1. The smallest absolute Gasteiger partial charge is 0.323 e. The van der Waals surface area contributed by atoms with Gasteiger partial charge in [-0.2, -0.15) is 0 Å². The van der Waals surface area contributed by atoms with E-state index in [1.54, 1.807) is 12.1 Å². The van der Waals surface area contributed by atoms with Crippen LogP contribution in [0.25, 0.3) is 0 Å². The predicted molar refractivity (Wildman–Crippen MR) is 93.5 cm³/mol. The third-order valence-corrected chi connectivity index (χ3v) is 5.41. The van der Waals surface area contributed by atoms with Crippen molar-refractivity contribution in [2.45, 2.75) is 51.6 Å². The van der Waals surface area contributed by atoms with Crippen molar-refractivity contribution in [1.82, 2.24) is 15.5 Å². The summed E-state index contributed by atoms with van der Waals surface area (Å²) in [5.74, 6) is -0.467. The highest BCUT2D eigenvalue weighted by Gasteiger charge is 2.54. The summed E-state index contributed by atoms with van der Waals surface area (Å²) in [4.78, 5) is 27.0. The lowest BCUT2D eigenvalue weighted by Gasteiger charge is -2.37. The molecule has 2 aliphatic heterocycles. The van der Waals surface area contributed by atoms with Gasteiger partial charge in [-0.05, 0) is 51.3 Å². The van der Waals surface area contributed by atoms with Crippen LogP contribution in [0.1, 0.15) is 43.7 Å². The molecule has 25 heavy (non-hydrogen) atoms. The summed E-state index contributed by atoms with van der Waals surface area (Å²) in [5.41, 5.74) is 0.441. The van der Waals surface area contributed by atoms with Crippen molar-refractivity contribution < 1.29 is 14.0 Å². The number of nitrogens with zero attached hydrogens (tertiary/aromatic N) is 1. The van der Waals surface area contributed by atoms with E-state index in [1.165, 1.54) is 11.0 Å². The number of piperidine rings is 1. The highest BCUT2D eigenvalue weighted by Crippen LogP contribution is 2.36. The topological polar surface area (TPSA) is 61.4 Å². The number of aryl methyl sites for hydroxylation is 1. The van der Waals surface area contributed by atoms with E-state index in [2.05, 4.69) is 10.6 Å². The van der Waals surface area contributed by atoms with Crippen LogP contribution < -0.4 is 10.6 Å². The van der Waals surface area contributed by atoms with Gasteiger partial charge in [0.2, 0.25) is 0 Å². The molecule has 1 unspecified atom stereocenters. The van der Waals surface area contributed by atoms with Crippen molar-refractivity contribution in [1.29, 1.82) is 0 Å². The molecule has 0 spiro atoms. The van der Waals surface area contributed by atoms with E-state index < -0.39 is 11.6 Å². The quantitative estimate of drug-likeness (QED) is 0.805. The summed E-state index contributed by atoms with van der Waals surface area (Å²) in [7, 11) is 0. The molecule has 1 aromatic rings. The van der Waals surface area contributed by atoms with Crippen molar-refractivity contribution in [3.05, 3.63) is 35.1 Å². The van der Waals surface area contributed by atoms with E-state index in [0.29, 0.717) is 12.0 Å². The summed E-state index contributed by atoms with van der Waals surface area (Å²) in [6.45, 7) is 5.57. The van der Waals surface area contributed by atoms with Gasteiger partial charge in [0.25, 0.3) is 5.91 Å². The first-order valence-corrected chi connectivity index (χ1v) is 9.08. The van der Waals surface area contributed by atoms with Crippen LogP contribution in [0, 0.1) is 18.7 Å². The Kier molecular flexibility index (Phi) is 5.08. The summed E-state index contributed by atoms with van der Waals surface area (Å²) < 4.78 is 14.1. The third-order valence-electron chi connectivity index (χ3n) is 5.41. The largest absolute Gasteiger partial charge is 0.325 e. The molecule has 2 aliphatic rings. The fourth-order valence-electron chi connectivity index (χ4n) is 4.14. The first-order chi connectivity index (χ1) is 12.0. The van der Waals surface area contributed by atoms with Gasteiger partial charge in [-0.3, -0.25) is 9.69 Å². The number of hydrogen-bond donors (Lipinski definition) is 2. The van der Waals surface area contributed by atoms with Crippen molar-refractivity contribution in [2.24, 2.45) is 5.92 Å². The van der Waals surface area contributed by atoms with Crippen LogP contribution in [0.5, 0.6) is 0 Å². The number of halogens is 1. The first kappa shape index (κ1) is 17.9. The van der Waals surface area contributed by atoms with Gasteiger partial charge in [0.15, 0.2) is 0 Å². The Morgan fingerprint density at radius 3 is 2.68 bits per heavy atom. The van der Waals surface area contributed by atoms with Gasteiger partial charge >= 0.3 is 6.03 Å². The Morgan fingerprint density at radius 2 is 2.00 bits per heavy atom. The normalized spacial score (nSPS) is 24.7. The van der Waals surface area contributed by atoms with E-state index in [1.807, 2.05) is 13.8 Å². The highest BCUT2D eigenvalue weighted by molar-refractivity contribution is 6.07. The third kappa shape index (κ3) is 3.27. The second-order valence-electron chi connectivity index (χ2n) is 7.16. The minimum atomic E-state index is -0.839. The number of urea groups is 1. The average molecular weight is 347 g/mol. The van der Waals surface area contributed by atoms with Crippen LogP contribution in [-0.4, -0.2) is 35.5 Å². The fourth-order valence-corrected chi connectivity index (χ4v) is 4.14. The van der Waals surface area contributed by atoms with Crippen LogP contribution in [0.15, 0.2) is 18.2 Å². The molecular formula is C19H26FN3O2. The lowest BCUT2D eigenvalue weighted by atomic mass is 9.75. The van der Waals surface area contributed by atoms with Crippen molar-refractivity contribution in [3.8, 4) is 0 Å². The molecule has 2 heterocycles. The second kappa shape index (κ2) is 7.12. The molecule has 1 atom stereocenters. The number of benzene rings is 1. The lowest BCUT2D eigenvalue weighted by Crippen LogP contribution is -2.55. The number of amides is 3. The standard InChI is InChI=1S/C19H26FN3O2/c1-3-8-19(15-6-9-21-10-7-15)17(24)23(18(25)22-19)12-14-11-13(2)4-5-16(14)20/h4-5,11,15,21H,3,6-10,12H2,1-2H3,(H,22,25). The number of nitrogens with one attached hydrogen (secondary N) is 2. The molecule has 0 radical (unpaired) electrons. The molecule has 0 aliphatic carbocycles. The maximum atomic E-state index is 14.1. The Balaban J connectivity index is 1.87. The first-order valence-electron chi connectivity index (χ1n) is 9.08. The molecule has 2 N–H and O–H groups in total. The van der Waals surface area contributed by atoms with Crippen LogP contribution in [0.3, 0.4) is 0 Å². The van der Waals surface area contributed by atoms with Crippen molar-refractivity contribution >= 4 is 11.9 Å². The van der Waals surface area contributed by atoms with Crippen LogP contribution in [0.4, 0.5) is 9.18 Å². The summed E-state index contributed by atoms with van der Waals surface area (Å²) >= 11 is 0. The maximum Gasteiger partial charge on any atom is 0.325 e. The van der Waals surface area contributed by atoms with Crippen LogP contribution in [0.2, 0.25) is 0 Å². The van der Waals surface area contributed by atoms with E-state index in [9.17, 15) is 14.0 Å². The van der Waals surface area contributed by atoms with E-state index >= 15 is 0 Å². The zero-order valence-electron chi connectivity index (χ0n) is 14.9. The molecular weight excluding hydrogens is 321 g/mol. The Hall–Kier alpha value is -1.95. The Morgan fingerprint density at radius 1 is 1.28 bits per heavy atom. The Labute approximate surface area is 148 Å². The zero-order valence-corrected chi connectivity index (χ0v) is 14.9.